The molecule has 4 rings (SSSR count). The molecule has 3 aromatic rings. The van der Waals surface area contributed by atoms with Gasteiger partial charge in [0.05, 0.1) is 6.20 Å². The molecule has 2 heterocycles. The summed E-state index contributed by atoms with van der Waals surface area (Å²) in [7, 11) is 3.81. The Morgan fingerprint density at radius 3 is 2.58 bits per heavy atom. The predicted molar refractivity (Wildman–Crippen MR) is 135 cm³/mol. The van der Waals surface area contributed by atoms with E-state index in [1.54, 1.807) is 0 Å². The van der Waals surface area contributed by atoms with Crippen LogP contribution in [-0.2, 0) is 20.2 Å². The third-order valence-corrected chi connectivity index (χ3v) is 5.52. The van der Waals surface area contributed by atoms with Crippen molar-refractivity contribution in [2.75, 3.05) is 20.1 Å². The SMILES string of the molecule is CN=C(NCc1ccc(OCc2ccccc2)cc1)N1CCC(c2cnn(C)c2)C1.I. The average Bonchev–Trinajstić information content (AvgIpc) is 3.44. The van der Waals surface area contributed by atoms with Gasteiger partial charge in [0.25, 0.3) is 0 Å². The number of hydrogen-bond donors (Lipinski definition) is 1. The lowest BCUT2D eigenvalue weighted by molar-refractivity contribution is 0.306. The van der Waals surface area contributed by atoms with E-state index in [1.807, 2.05) is 55.3 Å². The van der Waals surface area contributed by atoms with E-state index < -0.39 is 0 Å². The number of rotatable bonds is 6. The summed E-state index contributed by atoms with van der Waals surface area (Å²) in [6, 6.07) is 18.5. The summed E-state index contributed by atoms with van der Waals surface area (Å²) in [4.78, 5) is 6.81. The highest BCUT2D eigenvalue weighted by molar-refractivity contribution is 14.0. The fourth-order valence-electron chi connectivity index (χ4n) is 3.83. The van der Waals surface area contributed by atoms with Crippen molar-refractivity contribution < 1.29 is 4.74 Å². The van der Waals surface area contributed by atoms with E-state index in [9.17, 15) is 0 Å². The molecule has 1 atom stereocenters. The van der Waals surface area contributed by atoms with Crippen molar-refractivity contribution in [2.45, 2.75) is 25.5 Å². The van der Waals surface area contributed by atoms with E-state index in [2.05, 4.69) is 50.8 Å². The van der Waals surface area contributed by atoms with E-state index in [1.165, 1.54) is 16.7 Å². The van der Waals surface area contributed by atoms with Gasteiger partial charge in [-0.25, -0.2) is 0 Å². The molecule has 0 amide bonds. The van der Waals surface area contributed by atoms with Gasteiger partial charge in [-0.1, -0.05) is 42.5 Å². The topological polar surface area (TPSA) is 54.7 Å². The number of aromatic nitrogens is 2. The quantitative estimate of drug-likeness (QED) is 0.295. The molecule has 7 heteroatoms. The van der Waals surface area contributed by atoms with Crippen molar-refractivity contribution in [1.29, 1.82) is 0 Å². The minimum absolute atomic E-state index is 0. The smallest absolute Gasteiger partial charge is 0.193 e. The monoisotopic (exact) mass is 531 g/mol. The minimum atomic E-state index is 0. The molecule has 1 aromatic heterocycles. The molecule has 2 aromatic carbocycles. The lowest BCUT2D eigenvalue weighted by Crippen LogP contribution is -2.39. The van der Waals surface area contributed by atoms with Crippen molar-refractivity contribution in [1.82, 2.24) is 20.0 Å². The molecule has 0 saturated carbocycles. The predicted octanol–water partition coefficient (Wildman–Crippen LogP) is 4.18. The lowest BCUT2D eigenvalue weighted by atomic mass is 10.0. The molecule has 1 unspecified atom stereocenters. The molecule has 1 fully saturated rings. The highest BCUT2D eigenvalue weighted by atomic mass is 127. The van der Waals surface area contributed by atoms with Crippen LogP contribution < -0.4 is 10.1 Å². The molecule has 1 N–H and O–H groups in total. The first-order valence-electron chi connectivity index (χ1n) is 10.4. The maximum atomic E-state index is 5.87. The van der Waals surface area contributed by atoms with E-state index in [0.29, 0.717) is 12.5 Å². The van der Waals surface area contributed by atoms with Crippen LogP contribution in [0.5, 0.6) is 5.75 Å². The van der Waals surface area contributed by atoms with Gasteiger partial charge in [-0.2, -0.15) is 5.10 Å². The summed E-state index contributed by atoms with van der Waals surface area (Å²) in [6.45, 7) is 3.29. The van der Waals surface area contributed by atoms with E-state index in [0.717, 1.165) is 37.8 Å². The average molecular weight is 531 g/mol. The van der Waals surface area contributed by atoms with E-state index in [-0.39, 0.29) is 24.0 Å². The number of guanidine groups is 1. The van der Waals surface area contributed by atoms with Gasteiger partial charge in [0.15, 0.2) is 5.96 Å². The highest BCUT2D eigenvalue weighted by Gasteiger charge is 2.26. The molecule has 31 heavy (non-hydrogen) atoms. The first-order valence-corrected chi connectivity index (χ1v) is 10.4. The molecule has 1 aliphatic heterocycles. The number of aryl methyl sites for hydroxylation is 1. The third-order valence-electron chi connectivity index (χ3n) is 5.52. The van der Waals surface area contributed by atoms with Crippen LogP contribution in [0.1, 0.15) is 29.0 Å². The number of nitrogens with zero attached hydrogens (tertiary/aromatic N) is 4. The molecule has 6 nitrogen and oxygen atoms in total. The largest absolute Gasteiger partial charge is 0.489 e. The first kappa shape index (κ1) is 23.1. The minimum Gasteiger partial charge on any atom is -0.489 e. The summed E-state index contributed by atoms with van der Waals surface area (Å²) in [5.74, 6) is 2.34. The number of hydrogen-bond acceptors (Lipinski definition) is 3. The second-order valence-electron chi connectivity index (χ2n) is 7.70. The second-order valence-corrected chi connectivity index (χ2v) is 7.70. The van der Waals surface area contributed by atoms with Crippen molar-refractivity contribution in [3.63, 3.8) is 0 Å². The van der Waals surface area contributed by atoms with Crippen LogP contribution in [0.4, 0.5) is 0 Å². The molecular formula is C24H30IN5O. The van der Waals surface area contributed by atoms with Gasteiger partial charge in [-0.05, 0) is 35.2 Å². The van der Waals surface area contributed by atoms with Crippen molar-refractivity contribution in [3.8, 4) is 5.75 Å². The Balaban J connectivity index is 0.00000272. The maximum Gasteiger partial charge on any atom is 0.193 e. The van der Waals surface area contributed by atoms with Crippen LogP contribution in [0.2, 0.25) is 0 Å². The first-order chi connectivity index (χ1) is 14.7. The summed E-state index contributed by atoms with van der Waals surface area (Å²) in [5.41, 5.74) is 3.68. The van der Waals surface area contributed by atoms with Gasteiger partial charge in [0.2, 0.25) is 0 Å². The zero-order valence-corrected chi connectivity index (χ0v) is 20.4. The molecule has 1 aliphatic rings. The Morgan fingerprint density at radius 2 is 1.90 bits per heavy atom. The fraction of sp³-hybridized carbons (Fsp3) is 0.333. The van der Waals surface area contributed by atoms with E-state index in [4.69, 9.17) is 4.74 Å². The van der Waals surface area contributed by atoms with Crippen LogP contribution in [0.3, 0.4) is 0 Å². The van der Waals surface area contributed by atoms with Gasteiger partial charge >= 0.3 is 0 Å². The number of ether oxygens (including phenoxy) is 1. The summed E-state index contributed by atoms with van der Waals surface area (Å²) >= 11 is 0. The van der Waals surface area contributed by atoms with Gasteiger partial charge in [-0.3, -0.25) is 9.67 Å². The fourth-order valence-corrected chi connectivity index (χ4v) is 3.83. The maximum absolute atomic E-state index is 5.87. The molecule has 0 bridgehead atoms. The molecule has 0 spiro atoms. The Labute approximate surface area is 201 Å². The van der Waals surface area contributed by atoms with Crippen LogP contribution in [0.15, 0.2) is 72.0 Å². The molecule has 1 saturated heterocycles. The van der Waals surface area contributed by atoms with Gasteiger partial charge in [-0.15, -0.1) is 24.0 Å². The molecule has 164 valence electrons. The number of likely N-dealkylation sites (tertiary alicyclic amines) is 1. The molecule has 0 radical (unpaired) electrons. The zero-order valence-electron chi connectivity index (χ0n) is 18.1. The zero-order chi connectivity index (χ0) is 20.8. The number of benzene rings is 2. The molecule has 0 aliphatic carbocycles. The summed E-state index contributed by atoms with van der Waals surface area (Å²) in [5, 5.41) is 7.80. The van der Waals surface area contributed by atoms with Crippen LogP contribution in [0, 0.1) is 0 Å². The number of nitrogens with one attached hydrogen (secondary N) is 1. The van der Waals surface area contributed by atoms with Crippen LogP contribution in [0.25, 0.3) is 0 Å². The second kappa shape index (κ2) is 11.2. The summed E-state index contributed by atoms with van der Waals surface area (Å²) < 4.78 is 7.74. The van der Waals surface area contributed by atoms with Gasteiger partial charge in [0, 0.05) is 45.8 Å². The highest BCUT2D eigenvalue weighted by Crippen LogP contribution is 2.26. The normalized spacial score (nSPS) is 16.1. The lowest BCUT2D eigenvalue weighted by Gasteiger charge is -2.21. The number of aliphatic imine (C=N–C) groups is 1. The number of halogens is 1. The van der Waals surface area contributed by atoms with Crippen molar-refractivity contribution in [3.05, 3.63) is 83.7 Å². The van der Waals surface area contributed by atoms with Gasteiger partial charge < -0.3 is 15.0 Å². The third kappa shape index (κ3) is 6.22. The Kier molecular flexibility index (Phi) is 8.34. The Bertz CT molecular complexity index is 971. The van der Waals surface area contributed by atoms with Crippen LogP contribution in [-0.4, -0.2) is 40.8 Å². The Morgan fingerprint density at radius 1 is 1.13 bits per heavy atom. The van der Waals surface area contributed by atoms with Crippen molar-refractivity contribution >= 4 is 29.9 Å². The van der Waals surface area contributed by atoms with Crippen LogP contribution >= 0.6 is 24.0 Å². The van der Waals surface area contributed by atoms with E-state index >= 15 is 0 Å². The van der Waals surface area contributed by atoms with Crippen molar-refractivity contribution in [2.24, 2.45) is 12.0 Å². The Hall–Kier alpha value is -2.55. The van der Waals surface area contributed by atoms with Gasteiger partial charge in [0.1, 0.15) is 12.4 Å². The standard InChI is InChI=1S/C24H29N5O.HI/c1-25-24(29-13-12-21(17-29)22-15-27-28(2)16-22)26-14-19-8-10-23(11-9-19)30-18-20-6-4-3-5-7-20;/h3-11,15-16,21H,12-14,17-18H2,1-2H3,(H,25,26);1H. The summed E-state index contributed by atoms with van der Waals surface area (Å²) in [6.07, 6.45) is 5.22. The molecular weight excluding hydrogens is 501 g/mol.